The van der Waals surface area contributed by atoms with Crippen molar-refractivity contribution in [1.29, 1.82) is 0 Å². The Morgan fingerprint density at radius 2 is 1.73 bits per heavy atom. The average molecular weight is 711 g/mol. The quantitative estimate of drug-likeness (QED) is 0.148. The average Bonchev–Trinajstić information content (AvgIpc) is 3.80. The van der Waals surface area contributed by atoms with Crippen LogP contribution in [0.15, 0.2) is 107 Å². The van der Waals surface area contributed by atoms with E-state index in [0.717, 1.165) is 40.9 Å². The van der Waals surface area contributed by atoms with Crippen molar-refractivity contribution in [3.8, 4) is 39.8 Å². The summed E-state index contributed by atoms with van der Waals surface area (Å²) in [5.41, 5.74) is 3.11. The molecule has 0 aliphatic rings. The SMILES string of the molecule is CN(C)Cc1cccc(-c2c(-c3cnn(C)c3)oc3ncnc(Oc4ccc(NC(O)c5cn(C)n(-c6ccc(C(F)(F)F)cc6)c5=O)cc4)c23)c1. The molecule has 0 aliphatic heterocycles. The molecule has 0 aliphatic carbocycles. The molecule has 0 radical (unpaired) electrons. The lowest BCUT2D eigenvalue weighted by Crippen LogP contribution is -2.24. The Bertz CT molecular complexity index is 2430. The molecule has 0 spiro atoms. The van der Waals surface area contributed by atoms with Gasteiger partial charge in [0, 0.05) is 44.3 Å². The van der Waals surface area contributed by atoms with Gasteiger partial charge < -0.3 is 24.5 Å². The Balaban J connectivity index is 1.16. The maximum atomic E-state index is 13.2. The van der Waals surface area contributed by atoms with E-state index in [0.29, 0.717) is 28.3 Å². The molecule has 0 amide bonds. The van der Waals surface area contributed by atoms with Crippen LogP contribution in [-0.4, -0.2) is 53.2 Å². The van der Waals surface area contributed by atoms with Crippen LogP contribution in [0, 0.1) is 0 Å². The van der Waals surface area contributed by atoms with E-state index in [1.54, 1.807) is 42.2 Å². The van der Waals surface area contributed by atoms with Gasteiger partial charge in [-0.3, -0.25) is 14.2 Å². The molecule has 0 saturated carbocycles. The third kappa shape index (κ3) is 6.78. The molecule has 0 fully saturated rings. The van der Waals surface area contributed by atoms with Crippen LogP contribution in [0.25, 0.3) is 39.2 Å². The maximum absolute atomic E-state index is 13.2. The first-order valence-corrected chi connectivity index (χ1v) is 16.0. The number of hydrogen-bond donors (Lipinski definition) is 2. The van der Waals surface area contributed by atoms with Gasteiger partial charge in [0.1, 0.15) is 23.2 Å². The summed E-state index contributed by atoms with van der Waals surface area (Å²) in [6.07, 6.45) is 0.425. The minimum atomic E-state index is -4.50. The topological polar surface area (TPSA) is 128 Å². The van der Waals surface area contributed by atoms with Gasteiger partial charge >= 0.3 is 6.18 Å². The third-order valence-corrected chi connectivity index (χ3v) is 8.32. The number of halogens is 3. The second-order valence-corrected chi connectivity index (χ2v) is 12.5. The van der Waals surface area contributed by atoms with Gasteiger partial charge in [-0.2, -0.15) is 18.3 Å². The van der Waals surface area contributed by atoms with Crippen molar-refractivity contribution in [1.82, 2.24) is 34.0 Å². The van der Waals surface area contributed by atoms with E-state index in [9.17, 15) is 23.1 Å². The van der Waals surface area contributed by atoms with Gasteiger partial charge in [-0.1, -0.05) is 18.2 Å². The summed E-state index contributed by atoms with van der Waals surface area (Å²) in [7, 11) is 7.39. The zero-order chi connectivity index (χ0) is 36.7. The van der Waals surface area contributed by atoms with Gasteiger partial charge in [0.05, 0.1) is 28.6 Å². The van der Waals surface area contributed by atoms with E-state index in [4.69, 9.17) is 9.15 Å². The molecular formula is C37H33F3N8O4. The predicted molar refractivity (Wildman–Crippen MR) is 188 cm³/mol. The number of aromatic nitrogens is 6. The highest BCUT2D eigenvalue weighted by Crippen LogP contribution is 2.44. The molecular weight excluding hydrogens is 677 g/mol. The standard InChI is InChI=1S/C37H33F3N8O4/c1-45(2)18-22-6-5-7-23(16-22)30-31-34(41-21-42-35(31)52-32(30)24-17-43-46(3)19-24)51-28-14-10-26(11-15-28)44-33(49)29-20-47(4)48(36(29)50)27-12-8-25(9-13-27)37(38,39)40/h5-17,19-21,33,44,49H,18H2,1-4H3. The van der Waals surface area contributed by atoms with Crippen LogP contribution >= 0.6 is 0 Å². The number of furan rings is 1. The molecule has 3 aromatic carbocycles. The summed E-state index contributed by atoms with van der Waals surface area (Å²) >= 11 is 0. The van der Waals surface area contributed by atoms with E-state index in [1.165, 1.54) is 34.0 Å². The van der Waals surface area contributed by atoms with Gasteiger partial charge in [-0.05, 0) is 79.8 Å². The minimum Gasteiger partial charge on any atom is -0.438 e. The summed E-state index contributed by atoms with van der Waals surface area (Å²) < 4.78 is 56.0. The molecule has 4 aromatic heterocycles. The number of aryl methyl sites for hydroxylation is 2. The first-order chi connectivity index (χ1) is 24.9. The molecule has 52 heavy (non-hydrogen) atoms. The number of anilines is 1. The fourth-order valence-electron chi connectivity index (χ4n) is 6.02. The normalized spacial score (nSPS) is 12.5. The Morgan fingerprint density at radius 1 is 0.981 bits per heavy atom. The number of nitrogens with zero attached hydrogens (tertiary/aromatic N) is 7. The zero-order valence-corrected chi connectivity index (χ0v) is 28.5. The number of nitrogens with one attached hydrogen (secondary N) is 1. The number of benzene rings is 3. The van der Waals surface area contributed by atoms with Crippen molar-refractivity contribution in [2.24, 2.45) is 14.1 Å². The summed E-state index contributed by atoms with van der Waals surface area (Å²) in [6.45, 7) is 0.736. The molecule has 7 rings (SSSR count). The van der Waals surface area contributed by atoms with Crippen molar-refractivity contribution in [3.05, 3.63) is 125 Å². The van der Waals surface area contributed by atoms with Gasteiger partial charge in [0.15, 0.2) is 6.23 Å². The largest absolute Gasteiger partial charge is 0.438 e. The molecule has 1 unspecified atom stereocenters. The third-order valence-electron chi connectivity index (χ3n) is 8.32. The second-order valence-electron chi connectivity index (χ2n) is 12.5. The van der Waals surface area contributed by atoms with Crippen LogP contribution in [0.5, 0.6) is 11.6 Å². The van der Waals surface area contributed by atoms with Crippen molar-refractivity contribution < 1.29 is 27.4 Å². The van der Waals surface area contributed by atoms with Crippen molar-refractivity contribution in [2.75, 3.05) is 19.4 Å². The molecule has 266 valence electrons. The molecule has 0 bridgehead atoms. The van der Waals surface area contributed by atoms with Crippen LogP contribution < -0.4 is 15.6 Å². The molecule has 15 heteroatoms. The minimum absolute atomic E-state index is 0.00217. The summed E-state index contributed by atoms with van der Waals surface area (Å²) in [6, 6.07) is 19.0. The fraction of sp³-hybridized carbons (Fsp3) is 0.189. The Morgan fingerprint density at radius 3 is 2.40 bits per heavy atom. The van der Waals surface area contributed by atoms with Gasteiger partial charge in [-0.25, -0.2) is 14.6 Å². The molecule has 12 nitrogen and oxygen atoms in total. The zero-order valence-electron chi connectivity index (χ0n) is 28.5. The number of fused-ring (bicyclic) bond motifs is 1. The second kappa shape index (κ2) is 13.5. The highest BCUT2D eigenvalue weighted by molar-refractivity contribution is 6.03. The van der Waals surface area contributed by atoms with Crippen molar-refractivity contribution in [2.45, 2.75) is 18.9 Å². The predicted octanol–water partition coefficient (Wildman–Crippen LogP) is 6.76. The Hall–Kier alpha value is -6.19. The van der Waals surface area contributed by atoms with Crippen molar-refractivity contribution in [3.63, 3.8) is 0 Å². The van der Waals surface area contributed by atoms with E-state index in [2.05, 4.69) is 37.4 Å². The molecule has 7 aromatic rings. The maximum Gasteiger partial charge on any atom is 0.416 e. The number of hydrogen-bond acceptors (Lipinski definition) is 9. The lowest BCUT2D eigenvalue weighted by atomic mass is 9.99. The highest BCUT2D eigenvalue weighted by Gasteiger charge is 2.30. The number of ether oxygens (including phenoxy) is 1. The van der Waals surface area contributed by atoms with E-state index in [1.807, 2.05) is 39.5 Å². The van der Waals surface area contributed by atoms with Gasteiger partial charge in [0.25, 0.3) is 5.56 Å². The van der Waals surface area contributed by atoms with Gasteiger partial charge in [0.2, 0.25) is 11.6 Å². The van der Waals surface area contributed by atoms with E-state index in [-0.39, 0.29) is 17.1 Å². The van der Waals surface area contributed by atoms with Crippen LogP contribution in [0.3, 0.4) is 0 Å². The first kappa shape index (κ1) is 34.3. The number of aliphatic hydroxyl groups is 1. The molecule has 1 atom stereocenters. The van der Waals surface area contributed by atoms with Gasteiger partial charge in [-0.15, -0.1) is 0 Å². The molecule has 0 saturated heterocycles. The number of rotatable bonds is 10. The summed E-state index contributed by atoms with van der Waals surface area (Å²) in [5, 5.41) is 18.8. The lowest BCUT2D eigenvalue weighted by molar-refractivity contribution is -0.137. The number of alkyl halides is 3. The lowest BCUT2D eigenvalue weighted by Gasteiger charge is -2.13. The summed E-state index contributed by atoms with van der Waals surface area (Å²) in [4.78, 5) is 24.2. The Kier molecular flexibility index (Phi) is 8.90. The van der Waals surface area contributed by atoms with Crippen LogP contribution in [0.4, 0.5) is 18.9 Å². The van der Waals surface area contributed by atoms with Crippen LogP contribution in [0.1, 0.15) is 22.9 Å². The molecule has 2 N–H and O–H groups in total. The monoisotopic (exact) mass is 710 g/mol. The smallest absolute Gasteiger partial charge is 0.416 e. The van der Waals surface area contributed by atoms with Crippen LogP contribution in [-0.2, 0) is 26.8 Å². The van der Waals surface area contributed by atoms with Crippen molar-refractivity contribution >= 4 is 16.8 Å². The van der Waals surface area contributed by atoms with E-state index < -0.39 is 23.5 Å². The van der Waals surface area contributed by atoms with E-state index >= 15 is 0 Å². The molecule has 4 heterocycles. The fourth-order valence-corrected chi connectivity index (χ4v) is 6.02. The Labute approximate surface area is 294 Å². The summed E-state index contributed by atoms with van der Waals surface area (Å²) in [5.74, 6) is 1.27. The highest BCUT2D eigenvalue weighted by atomic mass is 19.4. The van der Waals surface area contributed by atoms with Crippen LogP contribution in [0.2, 0.25) is 0 Å². The number of aliphatic hydroxyl groups excluding tert-OH is 1. The first-order valence-electron chi connectivity index (χ1n) is 16.0.